The van der Waals surface area contributed by atoms with Gasteiger partial charge in [0.25, 0.3) is 10.1 Å². The zero-order valence-corrected chi connectivity index (χ0v) is 28.6. The van der Waals surface area contributed by atoms with Gasteiger partial charge < -0.3 is 9.64 Å². The van der Waals surface area contributed by atoms with E-state index in [9.17, 15) is 8.42 Å². The Balaban J connectivity index is 1.05. The van der Waals surface area contributed by atoms with Gasteiger partial charge >= 0.3 is 0 Å². The summed E-state index contributed by atoms with van der Waals surface area (Å²) in [4.78, 5) is 2.22. The number of anilines is 1. The van der Waals surface area contributed by atoms with Gasteiger partial charge in [-0.05, 0) is 89.9 Å². The van der Waals surface area contributed by atoms with E-state index in [0.29, 0.717) is 25.6 Å². The highest BCUT2D eigenvalue weighted by atomic mass is 32.2. The number of ether oxygens (including phenoxy) is 1. The topological polar surface area (TPSA) is 55.8 Å². The first-order valence-electron chi connectivity index (χ1n) is 17.1. The second kappa shape index (κ2) is 14.2. The maximum Gasteiger partial charge on any atom is 0.297 e. The molecule has 0 radical (unpaired) electrons. The van der Waals surface area contributed by atoms with E-state index in [-0.39, 0.29) is 23.7 Å². The zero-order valence-electron chi connectivity index (χ0n) is 27.8. The van der Waals surface area contributed by atoms with Gasteiger partial charge in [0.05, 0.1) is 4.90 Å². The van der Waals surface area contributed by atoms with Crippen molar-refractivity contribution >= 4 is 15.8 Å². The van der Waals surface area contributed by atoms with Gasteiger partial charge in [0, 0.05) is 37.5 Å². The number of rotatable bonds is 10. The summed E-state index contributed by atoms with van der Waals surface area (Å²) in [6, 6.07) is 42.7. The van der Waals surface area contributed by atoms with Crippen molar-refractivity contribution in [2.75, 3.05) is 24.6 Å². The highest BCUT2D eigenvalue weighted by Crippen LogP contribution is 2.47. The summed E-state index contributed by atoms with van der Waals surface area (Å²) in [5.74, 6) is 1.42. The van der Waals surface area contributed by atoms with Gasteiger partial charge in [-0.1, -0.05) is 96.6 Å². The molecule has 1 saturated heterocycles. The molecular formula is C42H42FNO4S. The van der Waals surface area contributed by atoms with E-state index in [0.717, 1.165) is 35.4 Å². The van der Waals surface area contributed by atoms with E-state index in [1.165, 1.54) is 34.4 Å². The van der Waals surface area contributed by atoms with Gasteiger partial charge in [0.15, 0.2) is 0 Å². The predicted molar refractivity (Wildman–Crippen MR) is 193 cm³/mol. The Hall–Kier alpha value is -4.46. The average molecular weight is 676 g/mol. The molecule has 2 aliphatic rings. The van der Waals surface area contributed by atoms with Crippen LogP contribution in [0.1, 0.15) is 64.5 Å². The van der Waals surface area contributed by atoms with Crippen LogP contribution in [0.3, 0.4) is 0 Å². The van der Waals surface area contributed by atoms with Gasteiger partial charge in [-0.25, -0.2) is 4.39 Å². The Morgan fingerprint density at radius 2 is 1.47 bits per heavy atom. The summed E-state index contributed by atoms with van der Waals surface area (Å²) >= 11 is 0. The summed E-state index contributed by atoms with van der Waals surface area (Å²) in [7, 11) is -4.02. The van der Waals surface area contributed by atoms with Crippen LogP contribution in [0.25, 0.3) is 0 Å². The molecule has 1 heterocycles. The lowest BCUT2D eigenvalue weighted by atomic mass is 9.69. The molecule has 7 heteroatoms. The van der Waals surface area contributed by atoms with Crippen molar-refractivity contribution in [2.24, 2.45) is 0 Å². The summed E-state index contributed by atoms with van der Waals surface area (Å²) in [6.45, 7) is 2.90. The minimum Gasteiger partial charge on any atom is -0.489 e. The highest BCUT2D eigenvalue weighted by Gasteiger charge is 2.37. The Morgan fingerprint density at radius 1 is 0.796 bits per heavy atom. The second-order valence-corrected chi connectivity index (χ2v) is 15.0. The van der Waals surface area contributed by atoms with E-state index in [1.807, 2.05) is 25.1 Å². The Labute approximate surface area is 289 Å². The molecule has 7 rings (SSSR count). The fourth-order valence-electron chi connectivity index (χ4n) is 7.26. The van der Waals surface area contributed by atoms with Gasteiger partial charge in [-0.3, -0.25) is 4.18 Å². The molecule has 1 fully saturated rings. The minimum atomic E-state index is -4.02. The van der Waals surface area contributed by atoms with Crippen LogP contribution in [0.5, 0.6) is 5.75 Å². The lowest BCUT2D eigenvalue weighted by molar-refractivity contribution is 0.0628. The predicted octanol–water partition coefficient (Wildman–Crippen LogP) is 9.15. The molecule has 0 aromatic heterocycles. The second-order valence-electron chi connectivity index (χ2n) is 13.4. The highest BCUT2D eigenvalue weighted by molar-refractivity contribution is 7.86. The largest absolute Gasteiger partial charge is 0.489 e. The molecule has 49 heavy (non-hydrogen) atoms. The molecule has 0 N–H and O–H groups in total. The molecule has 5 aromatic carbocycles. The first-order valence-corrected chi connectivity index (χ1v) is 18.5. The van der Waals surface area contributed by atoms with Crippen molar-refractivity contribution in [1.29, 1.82) is 0 Å². The van der Waals surface area contributed by atoms with Gasteiger partial charge in [0.1, 0.15) is 24.6 Å². The average Bonchev–Trinajstić information content (AvgIpc) is 3.14. The monoisotopic (exact) mass is 675 g/mol. The van der Waals surface area contributed by atoms with Gasteiger partial charge in [0.2, 0.25) is 0 Å². The van der Waals surface area contributed by atoms with Crippen molar-refractivity contribution < 1.29 is 21.7 Å². The maximum absolute atomic E-state index is 15.8. The number of fused-ring (bicyclic) bond motifs is 1. The quantitative estimate of drug-likeness (QED) is 0.138. The van der Waals surface area contributed by atoms with Crippen molar-refractivity contribution in [3.05, 3.63) is 161 Å². The Bertz CT molecular complexity index is 1960. The Kier molecular flexibility index (Phi) is 9.57. The third-order valence-electron chi connectivity index (χ3n) is 10.1. The smallest absolute Gasteiger partial charge is 0.297 e. The molecule has 1 aliphatic carbocycles. The summed E-state index contributed by atoms with van der Waals surface area (Å²) in [5.41, 5.74) is 6.68. The van der Waals surface area contributed by atoms with Crippen molar-refractivity contribution in [1.82, 2.24) is 0 Å². The van der Waals surface area contributed by atoms with E-state index in [1.54, 1.807) is 12.1 Å². The third kappa shape index (κ3) is 7.58. The normalized spacial score (nSPS) is 18.9. The van der Waals surface area contributed by atoms with Crippen LogP contribution in [0.2, 0.25) is 0 Å². The molecule has 0 saturated carbocycles. The SMILES string of the molecule is Cc1ccc(S(=O)(=O)OCC2(F)CCN(c3ccc([C@@H]4c5ccc(OCc6ccccc6)cc5CC[C@@H]4c4ccccc4)cc3)CC2)cc1. The minimum absolute atomic E-state index is 0.0474. The number of nitrogens with zero attached hydrogens (tertiary/aromatic N) is 1. The number of halogens is 1. The number of aryl methyl sites for hydroxylation is 2. The van der Waals surface area contributed by atoms with Gasteiger partial charge in [-0.2, -0.15) is 8.42 Å². The van der Waals surface area contributed by atoms with Crippen LogP contribution >= 0.6 is 0 Å². The van der Waals surface area contributed by atoms with Crippen LogP contribution in [-0.2, 0) is 27.3 Å². The van der Waals surface area contributed by atoms with Crippen LogP contribution in [0.4, 0.5) is 10.1 Å². The number of piperidine rings is 1. The molecule has 0 spiro atoms. The molecule has 0 bridgehead atoms. The Morgan fingerprint density at radius 3 is 2.16 bits per heavy atom. The van der Waals surface area contributed by atoms with E-state index in [4.69, 9.17) is 8.92 Å². The molecule has 1 aliphatic heterocycles. The van der Waals surface area contributed by atoms with Crippen molar-refractivity contribution in [3.8, 4) is 5.75 Å². The number of hydrogen-bond donors (Lipinski definition) is 0. The van der Waals surface area contributed by atoms with E-state index in [2.05, 4.69) is 89.8 Å². The summed E-state index contributed by atoms with van der Waals surface area (Å²) in [5, 5.41) is 0. The molecule has 5 nitrogen and oxygen atoms in total. The molecule has 252 valence electrons. The first-order chi connectivity index (χ1) is 23.8. The molecule has 2 atom stereocenters. The van der Waals surface area contributed by atoms with E-state index >= 15 is 4.39 Å². The van der Waals surface area contributed by atoms with Crippen LogP contribution in [-0.4, -0.2) is 33.8 Å². The summed E-state index contributed by atoms with van der Waals surface area (Å²) in [6.07, 6.45) is 2.41. The van der Waals surface area contributed by atoms with Crippen LogP contribution in [0.15, 0.2) is 132 Å². The fourth-order valence-corrected chi connectivity index (χ4v) is 8.23. The van der Waals surface area contributed by atoms with Crippen molar-refractivity contribution in [2.45, 2.75) is 61.6 Å². The zero-order chi connectivity index (χ0) is 33.8. The molecular weight excluding hydrogens is 634 g/mol. The van der Waals surface area contributed by atoms with Crippen molar-refractivity contribution in [3.63, 3.8) is 0 Å². The third-order valence-corrected chi connectivity index (χ3v) is 11.4. The van der Waals surface area contributed by atoms with Crippen LogP contribution in [0, 0.1) is 6.92 Å². The summed E-state index contributed by atoms with van der Waals surface area (Å²) < 4.78 is 52.5. The lowest BCUT2D eigenvalue weighted by Gasteiger charge is -2.38. The van der Waals surface area contributed by atoms with Crippen LogP contribution < -0.4 is 9.64 Å². The van der Waals surface area contributed by atoms with Gasteiger partial charge in [-0.15, -0.1) is 0 Å². The molecule has 5 aromatic rings. The maximum atomic E-state index is 15.8. The fraction of sp³-hybridized carbons (Fsp3) is 0.286. The number of benzene rings is 5. The molecule has 0 amide bonds. The number of hydrogen-bond acceptors (Lipinski definition) is 5. The lowest BCUT2D eigenvalue weighted by Crippen LogP contribution is -2.44. The standard InChI is InChI=1S/C42H42FNO4S/c1-31-12-20-38(21-13-31)49(45,46)48-30-42(43)24-26-44(27-25-42)36-17-14-34(15-18-36)41-39(33-10-6-3-7-11-33)22-16-35-28-37(19-23-40(35)41)47-29-32-8-4-2-5-9-32/h2-15,17-21,23,28,39,41H,16,22,24-27,29-30H2,1H3/t39-,41+/m1/s1. The first kappa shape index (κ1) is 33.1. The molecule has 0 unspecified atom stereocenters. The number of alkyl halides is 1. The van der Waals surface area contributed by atoms with E-state index < -0.39 is 22.4 Å².